The number of carboxylic acids is 1. The molecule has 32 heavy (non-hydrogen) atoms. The Kier molecular flexibility index (Phi) is 9.09. The molecule has 0 aliphatic heterocycles. The van der Waals surface area contributed by atoms with Crippen molar-refractivity contribution in [1.82, 2.24) is 5.32 Å². The summed E-state index contributed by atoms with van der Waals surface area (Å²) in [5, 5.41) is 14.9. The number of carbonyl (C=O) groups is 3. The number of hydrogen-bond donors (Lipinski definition) is 4. The Bertz CT molecular complexity index is 766. The van der Waals surface area contributed by atoms with Gasteiger partial charge in [-0.15, -0.1) is 0 Å². The zero-order valence-corrected chi connectivity index (χ0v) is 18.9. The van der Waals surface area contributed by atoms with Gasteiger partial charge >= 0.3 is 5.97 Å². The second-order valence-electron chi connectivity index (χ2n) is 9.51. The molecule has 0 spiro atoms. The van der Waals surface area contributed by atoms with E-state index in [1.165, 1.54) is 19.3 Å². The third-order valence-electron chi connectivity index (χ3n) is 7.05. The maximum atomic E-state index is 13.1. The number of carboxylic acid groups (broad SMARTS) is 1. The summed E-state index contributed by atoms with van der Waals surface area (Å²) in [5.41, 5.74) is 7.06. The third-order valence-corrected chi connectivity index (χ3v) is 7.05. The Morgan fingerprint density at radius 1 is 0.938 bits per heavy atom. The zero-order chi connectivity index (χ0) is 22.9. The topological polar surface area (TPSA) is 122 Å². The van der Waals surface area contributed by atoms with Crippen molar-refractivity contribution in [3.8, 4) is 0 Å². The van der Waals surface area contributed by atoms with E-state index < -0.39 is 12.0 Å². The first-order chi connectivity index (χ1) is 15.4. The zero-order valence-electron chi connectivity index (χ0n) is 18.9. The highest BCUT2D eigenvalue weighted by atomic mass is 16.4. The largest absolute Gasteiger partial charge is 0.481 e. The summed E-state index contributed by atoms with van der Waals surface area (Å²) in [4.78, 5) is 37.0. The third kappa shape index (κ3) is 7.33. The molecule has 1 aromatic rings. The van der Waals surface area contributed by atoms with Gasteiger partial charge in [0.05, 0.1) is 6.42 Å². The van der Waals surface area contributed by atoms with Crippen LogP contribution in [0.15, 0.2) is 24.3 Å². The summed E-state index contributed by atoms with van der Waals surface area (Å²) < 4.78 is 0. The van der Waals surface area contributed by atoms with E-state index in [-0.39, 0.29) is 24.2 Å². The highest BCUT2D eigenvalue weighted by Crippen LogP contribution is 2.30. The lowest BCUT2D eigenvalue weighted by molar-refractivity contribution is -0.136. The molecular formula is C25H37N3O4. The van der Waals surface area contributed by atoms with Crippen LogP contribution in [0, 0.1) is 17.8 Å². The highest BCUT2D eigenvalue weighted by molar-refractivity contribution is 5.97. The van der Waals surface area contributed by atoms with E-state index in [2.05, 4.69) is 10.6 Å². The number of nitrogens with two attached hydrogens (primary N) is 1. The van der Waals surface area contributed by atoms with Crippen molar-refractivity contribution < 1.29 is 19.5 Å². The Balaban J connectivity index is 1.62. The van der Waals surface area contributed by atoms with Crippen LogP contribution in [0.2, 0.25) is 0 Å². The lowest BCUT2D eigenvalue weighted by Gasteiger charge is -2.30. The quantitative estimate of drug-likeness (QED) is 0.466. The fourth-order valence-electron chi connectivity index (χ4n) is 5.05. The van der Waals surface area contributed by atoms with E-state index >= 15 is 0 Å². The molecule has 7 heteroatoms. The van der Waals surface area contributed by atoms with Crippen LogP contribution in [0.1, 0.15) is 69.8 Å². The van der Waals surface area contributed by atoms with Gasteiger partial charge in [0, 0.05) is 11.6 Å². The van der Waals surface area contributed by atoms with Gasteiger partial charge < -0.3 is 21.5 Å². The molecule has 1 aromatic carbocycles. The highest BCUT2D eigenvalue weighted by Gasteiger charge is 2.31. The predicted octanol–water partition coefficient (Wildman–Crippen LogP) is 3.47. The summed E-state index contributed by atoms with van der Waals surface area (Å²) in [5.74, 6) is -0.207. The van der Waals surface area contributed by atoms with E-state index in [0.29, 0.717) is 36.1 Å². The molecule has 2 fully saturated rings. The van der Waals surface area contributed by atoms with Crippen molar-refractivity contribution in [2.75, 3.05) is 11.9 Å². The summed E-state index contributed by atoms with van der Waals surface area (Å²) in [6.45, 7) is 0.673. The van der Waals surface area contributed by atoms with Crippen molar-refractivity contribution in [3.05, 3.63) is 29.8 Å². The predicted molar refractivity (Wildman–Crippen MR) is 124 cm³/mol. The first-order valence-electron chi connectivity index (χ1n) is 12.1. The average Bonchev–Trinajstić information content (AvgIpc) is 2.80. The lowest BCUT2D eigenvalue weighted by Crippen LogP contribution is -2.47. The minimum absolute atomic E-state index is 0.0202. The second-order valence-corrected chi connectivity index (χ2v) is 9.51. The molecule has 2 aliphatic carbocycles. The van der Waals surface area contributed by atoms with Crippen molar-refractivity contribution >= 4 is 23.5 Å². The van der Waals surface area contributed by atoms with Crippen LogP contribution in [-0.4, -0.2) is 35.5 Å². The molecule has 1 atom stereocenters. The van der Waals surface area contributed by atoms with Crippen LogP contribution in [0.3, 0.4) is 0 Å². The number of amides is 2. The minimum atomic E-state index is -0.891. The number of aliphatic carboxylic acids is 1. The Labute approximate surface area is 190 Å². The number of carbonyl (C=O) groups excluding carboxylic acids is 2. The first-order valence-corrected chi connectivity index (χ1v) is 12.1. The Morgan fingerprint density at radius 3 is 2.19 bits per heavy atom. The number of benzene rings is 1. The molecule has 0 aromatic heterocycles. The summed E-state index contributed by atoms with van der Waals surface area (Å²) in [6.07, 6.45) is 10.0. The molecule has 2 saturated carbocycles. The Morgan fingerprint density at radius 2 is 1.59 bits per heavy atom. The molecule has 0 unspecified atom stereocenters. The molecule has 176 valence electrons. The molecular weight excluding hydrogens is 406 g/mol. The molecule has 3 rings (SSSR count). The summed E-state index contributed by atoms with van der Waals surface area (Å²) in [6, 6.07) is 6.27. The van der Waals surface area contributed by atoms with Gasteiger partial charge in [-0.05, 0) is 68.2 Å². The van der Waals surface area contributed by atoms with Gasteiger partial charge in [-0.25, -0.2) is 0 Å². The maximum Gasteiger partial charge on any atom is 0.307 e. The summed E-state index contributed by atoms with van der Waals surface area (Å²) in [7, 11) is 0. The van der Waals surface area contributed by atoms with Crippen LogP contribution >= 0.6 is 0 Å². The van der Waals surface area contributed by atoms with Crippen LogP contribution in [0.25, 0.3) is 0 Å². The van der Waals surface area contributed by atoms with Crippen molar-refractivity contribution in [2.45, 2.75) is 76.7 Å². The van der Waals surface area contributed by atoms with E-state index in [1.807, 2.05) is 0 Å². The molecule has 2 amide bonds. The van der Waals surface area contributed by atoms with Gasteiger partial charge in [-0.1, -0.05) is 44.2 Å². The van der Waals surface area contributed by atoms with Gasteiger partial charge in [0.15, 0.2) is 0 Å². The molecule has 0 bridgehead atoms. The molecule has 2 aliphatic rings. The maximum absolute atomic E-state index is 13.1. The lowest BCUT2D eigenvalue weighted by atomic mass is 9.81. The van der Waals surface area contributed by atoms with E-state index in [9.17, 15) is 14.4 Å². The number of anilines is 1. The van der Waals surface area contributed by atoms with Crippen molar-refractivity contribution in [3.63, 3.8) is 0 Å². The standard InChI is InChI=1S/C25H37N3O4/c26-16-19-6-10-20(11-7-19)24(31)28-22(14-17-4-2-1-3-5-17)25(32)27-21-12-8-18(9-13-21)15-23(29)30/h8-9,12-13,17,19-20,22H,1-7,10-11,14-16,26H2,(H,27,32)(H,28,31)(H,29,30)/t19?,20?,22-/m0/s1. The van der Waals surface area contributed by atoms with Crippen LogP contribution in [0.5, 0.6) is 0 Å². The average molecular weight is 444 g/mol. The van der Waals surface area contributed by atoms with Crippen molar-refractivity contribution in [2.24, 2.45) is 23.5 Å². The first kappa shape index (κ1) is 24.2. The number of hydrogen-bond acceptors (Lipinski definition) is 4. The molecule has 7 nitrogen and oxygen atoms in total. The van der Waals surface area contributed by atoms with Gasteiger partial charge in [0.2, 0.25) is 11.8 Å². The van der Waals surface area contributed by atoms with E-state index in [4.69, 9.17) is 10.8 Å². The van der Waals surface area contributed by atoms with Gasteiger partial charge in [-0.2, -0.15) is 0 Å². The van der Waals surface area contributed by atoms with E-state index in [0.717, 1.165) is 38.5 Å². The molecule has 0 radical (unpaired) electrons. The minimum Gasteiger partial charge on any atom is -0.481 e. The van der Waals surface area contributed by atoms with Crippen molar-refractivity contribution in [1.29, 1.82) is 0 Å². The Hall–Kier alpha value is -2.41. The van der Waals surface area contributed by atoms with E-state index in [1.54, 1.807) is 24.3 Å². The second kappa shape index (κ2) is 12.0. The van der Waals surface area contributed by atoms with Gasteiger partial charge in [0.25, 0.3) is 0 Å². The van der Waals surface area contributed by atoms with Gasteiger partial charge in [0.1, 0.15) is 6.04 Å². The fourth-order valence-corrected chi connectivity index (χ4v) is 5.05. The summed E-state index contributed by atoms with van der Waals surface area (Å²) >= 11 is 0. The molecule has 0 saturated heterocycles. The van der Waals surface area contributed by atoms with Gasteiger partial charge in [-0.3, -0.25) is 14.4 Å². The molecule has 0 heterocycles. The normalized spacial score (nSPS) is 22.7. The van der Waals surface area contributed by atoms with Crippen LogP contribution < -0.4 is 16.4 Å². The molecule has 5 N–H and O–H groups in total. The fraction of sp³-hybridized carbons (Fsp3) is 0.640. The number of rotatable bonds is 9. The SMILES string of the molecule is NCC1CCC(C(=O)N[C@@H](CC2CCCCC2)C(=O)Nc2ccc(CC(=O)O)cc2)CC1. The number of nitrogens with one attached hydrogen (secondary N) is 2. The monoisotopic (exact) mass is 443 g/mol. The smallest absolute Gasteiger partial charge is 0.307 e. The van der Waals surface area contributed by atoms with Crippen LogP contribution in [-0.2, 0) is 20.8 Å². The van der Waals surface area contributed by atoms with Crippen LogP contribution in [0.4, 0.5) is 5.69 Å².